The van der Waals surface area contributed by atoms with Gasteiger partial charge in [0.2, 0.25) is 6.29 Å². The molecule has 0 spiro atoms. The predicted octanol–water partition coefficient (Wildman–Crippen LogP) is -3.77. The first-order valence-electron chi connectivity index (χ1n) is 11.6. The third kappa shape index (κ3) is 5.04. The van der Waals surface area contributed by atoms with E-state index in [0.29, 0.717) is 12.0 Å². The summed E-state index contributed by atoms with van der Waals surface area (Å²) in [6.45, 7) is 2.58. The second-order valence-electron chi connectivity index (χ2n) is 9.06. The Labute approximate surface area is 205 Å². The molecule has 0 bridgehead atoms. The van der Waals surface area contributed by atoms with Crippen LogP contribution in [-0.2, 0) is 33.2 Å². The number of hydrogen-bond acceptors (Lipinski definition) is 14. The number of ether oxygens (including phenoxy) is 6. The van der Waals surface area contributed by atoms with Crippen LogP contribution in [0.2, 0.25) is 0 Å². The van der Waals surface area contributed by atoms with Crippen LogP contribution in [0, 0.1) is 11.8 Å². The van der Waals surface area contributed by atoms with Crippen LogP contribution in [0.25, 0.3) is 0 Å². The van der Waals surface area contributed by atoms with Crippen LogP contribution in [0.5, 0.6) is 0 Å². The Balaban J connectivity index is 1.51. The molecule has 13 atom stereocenters. The molecule has 4 aliphatic rings. The Hall–Kier alpha value is -1.69. The average molecular weight is 520 g/mol. The second kappa shape index (κ2) is 11.4. The molecular formula is C22H32O14. The van der Waals surface area contributed by atoms with Crippen LogP contribution in [0.1, 0.15) is 6.42 Å². The number of aliphatic hydroxyl groups excluding tert-OH is 7. The molecule has 204 valence electrons. The van der Waals surface area contributed by atoms with Gasteiger partial charge in [0.25, 0.3) is 0 Å². The highest BCUT2D eigenvalue weighted by Gasteiger charge is 2.52. The van der Waals surface area contributed by atoms with Crippen LogP contribution in [0.15, 0.2) is 24.5 Å². The topological polar surface area (TPSA) is 214 Å². The van der Waals surface area contributed by atoms with Crippen molar-refractivity contribution in [2.45, 2.75) is 74.1 Å². The zero-order chi connectivity index (χ0) is 26.1. The maximum atomic E-state index is 12.0. The summed E-state index contributed by atoms with van der Waals surface area (Å²) in [7, 11) is 0. The normalized spacial score (nSPS) is 47.2. The van der Waals surface area contributed by atoms with Crippen molar-refractivity contribution in [2.24, 2.45) is 11.8 Å². The predicted molar refractivity (Wildman–Crippen MR) is 113 cm³/mol. The summed E-state index contributed by atoms with van der Waals surface area (Å²) in [5, 5.41) is 70.9. The Bertz CT molecular complexity index is 819. The van der Waals surface area contributed by atoms with E-state index in [-0.39, 0.29) is 12.5 Å². The number of aliphatic hydroxyl groups is 7. The molecule has 36 heavy (non-hydrogen) atoms. The van der Waals surface area contributed by atoms with Crippen molar-refractivity contribution in [3.05, 3.63) is 24.5 Å². The van der Waals surface area contributed by atoms with Crippen molar-refractivity contribution in [2.75, 3.05) is 19.8 Å². The van der Waals surface area contributed by atoms with Crippen LogP contribution in [0.4, 0.5) is 0 Å². The molecular weight excluding hydrogens is 488 g/mol. The highest BCUT2D eigenvalue weighted by atomic mass is 16.8. The van der Waals surface area contributed by atoms with Gasteiger partial charge in [-0.25, -0.2) is 4.79 Å². The van der Waals surface area contributed by atoms with E-state index in [9.17, 15) is 40.5 Å². The fourth-order valence-electron chi connectivity index (χ4n) is 4.82. The summed E-state index contributed by atoms with van der Waals surface area (Å²) in [5.41, 5.74) is 0.323. The van der Waals surface area contributed by atoms with Crippen LogP contribution >= 0.6 is 0 Å². The number of fused-ring (bicyclic) bond motifs is 1. The van der Waals surface area contributed by atoms with Gasteiger partial charge in [-0.2, -0.15) is 0 Å². The van der Waals surface area contributed by atoms with Crippen molar-refractivity contribution < 1.29 is 69.0 Å². The Morgan fingerprint density at radius 2 is 1.53 bits per heavy atom. The number of rotatable bonds is 7. The fraction of sp³-hybridized carbons (Fsp3) is 0.773. The van der Waals surface area contributed by atoms with Crippen molar-refractivity contribution in [1.82, 2.24) is 0 Å². The molecule has 4 heterocycles. The lowest BCUT2D eigenvalue weighted by Crippen LogP contribution is -2.65. The van der Waals surface area contributed by atoms with Gasteiger partial charge in [0.1, 0.15) is 48.8 Å². The van der Waals surface area contributed by atoms with Crippen molar-refractivity contribution >= 4 is 5.97 Å². The van der Waals surface area contributed by atoms with Gasteiger partial charge in [0.15, 0.2) is 12.6 Å². The molecule has 7 N–H and O–H groups in total. The third-order valence-electron chi connectivity index (χ3n) is 6.91. The molecule has 3 fully saturated rings. The fourth-order valence-corrected chi connectivity index (χ4v) is 4.82. The van der Waals surface area contributed by atoms with Gasteiger partial charge in [0, 0.05) is 11.8 Å². The van der Waals surface area contributed by atoms with Crippen LogP contribution in [0.3, 0.4) is 0 Å². The third-order valence-corrected chi connectivity index (χ3v) is 6.91. The van der Waals surface area contributed by atoms with E-state index in [1.54, 1.807) is 0 Å². The molecule has 4 aliphatic heterocycles. The molecule has 0 saturated carbocycles. The van der Waals surface area contributed by atoms with Gasteiger partial charge in [-0.3, -0.25) is 0 Å². The first-order valence-corrected chi connectivity index (χ1v) is 11.6. The van der Waals surface area contributed by atoms with Crippen molar-refractivity contribution in [3.63, 3.8) is 0 Å². The van der Waals surface area contributed by atoms with Gasteiger partial charge >= 0.3 is 5.97 Å². The van der Waals surface area contributed by atoms with Crippen molar-refractivity contribution in [3.8, 4) is 0 Å². The maximum absolute atomic E-state index is 12.0. The molecule has 14 nitrogen and oxygen atoms in total. The summed E-state index contributed by atoms with van der Waals surface area (Å²) >= 11 is 0. The van der Waals surface area contributed by atoms with Gasteiger partial charge in [-0.05, 0) is 6.42 Å². The second-order valence-corrected chi connectivity index (χ2v) is 9.06. The average Bonchev–Trinajstić information content (AvgIpc) is 2.88. The summed E-state index contributed by atoms with van der Waals surface area (Å²) in [6, 6.07) is 0. The molecule has 0 amide bonds. The maximum Gasteiger partial charge on any atom is 0.337 e. The van der Waals surface area contributed by atoms with Gasteiger partial charge in [0.05, 0.1) is 31.7 Å². The molecule has 0 aromatic rings. The molecule has 0 radical (unpaired) electrons. The lowest BCUT2D eigenvalue weighted by atomic mass is 9.81. The SMILES string of the molecule is C=CC1C(OC2OC(CO)C(O)C(OC3OC(CO)C(O)C(O)C3O)C2O)OC=C2C(=O)OCCC21. The highest BCUT2D eigenvalue weighted by Crippen LogP contribution is 2.39. The van der Waals surface area contributed by atoms with Crippen LogP contribution < -0.4 is 0 Å². The minimum atomic E-state index is -1.79. The number of carbonyl (C=O) groups is 1. The van der Waals surface area contributed by atoms with E-state index < -0.39 is 92.8 Å². The smallest absolute Gasteiger partial charge is 0.337 e. The van der Waals surface area contributed by atoms with Gasteiger partial charge in [-0.15, -0.1) is 6.58 Å². The Morgan fingerprint density at radius 1 is 0.889 bits per heavy atom. The summed E-state index contributed by atoms with van der Waals surface area (Å²) in [4.78, 5) is 12.0. The molecule has 0 aromatic carbocycles. The minimum absolute atomic E-state index is 0.203. The van der Waals surface area contributed by atoms with E-state index in [4.69, 9.17) is 28.4 Å². The lowest BCUT2D eigenvalue weighted by molar-refractivity contribution is -0.374. The quantitative estimate of drug-likeness (QED) is 0.127. The highest BCUT2D eigenvalue weighted by molar-refractivity contribution is 5.89. The number of cyclic esters (lactones) is 1. The zero-order valence-corrected chi connectivity index (χ0v) is 19.2. The van der Waals surface area contributed by atoms with E-state index in [1.165, 1.54) is 12.3 Å². The van der Waals surface area contributed by atoms with E-state index in [0.717, 1.165) is 0 Å². The Morgan fingerprint density at radius 3 is 2.17 bits per heavy atom. The molecule has 14 heteroatoms. The van der Waals surface area contributed by atoms with Crippen LogP contribution in [-0.4, -0.2) is 129 Å². The summed E-state index contributed by atoms with van der Waals surface area (Å²) in [6.07, 6.45) is -13.7. The molecule has 3 saturated heterocycles. The minimum Gasteiger partial charge on any atom is -0.471 e. The first kappa shape index (κ1) is 27.3. The number of carbonyl (C=O) groups excluding carboxylic acids is 1. The summed E-state index contributed by atoms with van der Waals surface area (Å²) in [5.74, 6) is -1.36. The van der Waals surface area contributed by atoms with E-state index in [2.05, 4.69) is 6.58 Å². The molecule has 4 rings (SSSR count). The van der Waals surface area contributed by atoms with E-state index in [1.807, 2.05) is 0 Å². The lowest BCUT2D eigenvalue weighted by Gasteiger charge is -2.47. The number of esters is 1. The largest absolute Gasteiger partial charge is 0.471 e. The monoisotopic (exact) mass is 520 g/mol. The van der Waals surface area contributed by atoms with Gasteiger partial charge in [-0.1, -0.05) is 6.08 Å². The zero-order valence-electron chi connectivity index (χ0n) is 19.2. The summed E-state index contributed by atoms with van der Waals surface area (Å²) < 4.78 is 32.8. The van der Waals surface area contributed by atoms with Gasteiger partial charge < -0.3 is 64.2 Å². The number of hydrogen-bond donors (Lipinski definition) is 7. The standard InChI is InChI=1S/C22H32O14/c1-2-8-9-3-4-31-19(30)10(9)7-32-20(8)36-22-17(29)18(14(26)12(6-24)34-22)35-21-16(28)15(27)13(25)11(5-23)33-21/h2,7-9,11-18,20-29H,1,3-6H2. The molecule has 0 aromatic heterocycles. The van der Waals surface area contributed by atoms with E-state index >= 15 is 0 Å². The first-order chi connectivity index (χ1) is 17.2. The Kier molecular flexibility index (Phi) is 8.63. The van der Waals surface area contributed by atoms with Crippen molar-refractivity contribution in [1.29, 1.82) is 0 Å². The molecule has 13 unspecified atom stereocenters. The molecule has 0 aliphatic carbocycles.